The molecule has 0 aromatic carbocycles. The molecule has 0 unspecified atom stereocenters. The molecule has 82 valence electrons. The number of pyridine rings is 1. The van der Waals surface area contributed by atoms with Crippen LogP contribution in [0.5, 0.6) is 0 Å². The van der Waals surface area contributed by atoms with E-state index in [9.17, 15) is 9.90 Å². The highest BCUT2D eigenvalue weighted by Gasteiger charge is 2.55. The second-order valence-electron chi connectivity index (χ2n) is 4.25. The van der Waals surface area contributed by atoms with Crippen LogP contribution in [-0.2, 0) is 17.3 Å². The molecule has 0 amide bonds. The van der Waals surface area contributed by atoms with Crippen molar-refractivity contribution in [2.75, 3.05) is 0 Å². The number of fused-ring (bicyclic) bond motifs is 1. The summed E-state index contributed by atoms with van der Waals surface area (Å²) in [7, 11) is 1.84. The lowest BCUT2D eigenvalue weighted by atomic mass is 10.1. The first kappa shape index (κ1) is 9.33. The second-order valence-corrected chi connectivity index (χ2v) is 4.25. The van der Waals surface area contributed by atoms with Gasteiger partial charge in [-0.25, -0.2) is 4.98 Å². The Morgan fingerprint density at radius 2 is 2.31 bits per heavy atom. The fourth-order valence-electron chi connectivity index (χ4n) is 2.12. The average molecular weight is 217 g/mol. The number of hydrogen-bond donors (Lipinski definition) is 1. The van der Waals surface area contributed by atoms with Crippen molar-refractivity contribution in [3.63, 3.8) is 0 Å². The summed E-state index contributed by atoms with van der Waals surface area (Å²) in [6, 6.07) is 1.80. The number of carbonyl (C=O) groups is 1. The fraction of sp³-hybridized carbons (Fsp3) is 0.364. The molecule has 1 saturated carbocycles. The zero-order valence-electron chi connectivity index (χ0n) is 8.84. The van der Waals surface area contributed by atoms with Crippen LogP contribution in [0, 0.1) is 0 Å². The van der Waals surface area contributed by atoms with Crippen LogP contribution in [0.2, 0.25) is 0 Å². The number of carboxylic acid groups (broad SMARTS) is 1. The van der Waals surface area contributed by atoms with Gasteiger partial charge in [0.15, 0.2) is 0 Å². The summed E-state index contributed by atoms with van der Waals surface area (Å²) in [5.41, 5.74) is 0.929. The lowest BCUT2D eigenvalue weighted by Gasteiger charge is -2.09. The Labute approximate surface area is 91.7 Å². The molecule has 0 saturated heterocycles. The highest BCUT2D eigenvalue weighted by molar-refractivity contribution is 5.86. The van der Waals surface area contributed by atoms with E-state index in [1.165, 1.54) is 0 Å². The van der Waals surface area contributed by atoms with E-state index >= 15 is 0 Å². The number of aromatic nitrogens is 3. The van der Waals surface area contributed by atoms with E-state index in [2.05, 4.69) is 9.97 Å². The van der Waals surface area contributed by atoms with Crippen LogP contribution in [0.4, 0.5) is 0 Å². The molecule has 3 rings (SSSR count). The van der Waals surface area contributed by atoms with Crippen molar-refractivity contribution in [3.8, 4) is 0 Å². The molecular formula is C11H11N3O2. The molecule has 0 spiro atoms. The predicted molar refractivity (Wildman–Crippen MR) is 57.1 cm³/mol. The lowest BCUT2D eigenvalue weighted by molar-refractivity contribution is -0.140. The van der Waals surface area contributed by atoms with Crippen LogP contribution < -0.4 is 0 Å². The molecule has 2 heterocycles. The third-order valence-corrected chi connectivity index (χ3v) is 3.27. The summed E-state index contributed by atoms with van der Waals surface area (Å²) >= 11 is 0. The smallest absolute Gasteiger partial charge is 0.317 e. The van der Waals surface area contributed by atoms with Crippen molar-refractivity contribution in [1.82, 2.24) is 14.5 Å². The molecule has 2 aromatic heterocycles. The fourth-order valence-corrected chi connectivity index (χ4v) is 2.12. The topological polar surface area (TPSA) is 68.0 Å². The number of carboxylic acids is 1. The monoisotopic (exact) mass is 217 g/mol. The van der Waals surface area contributed by atoms with Gasteiger partial charge in [0.25, 0.3) is 0 Å². The molecule has 0 bridgehead atoms. The molecule has 1 aliphatic rings. The zero-order valence-corrected chi connectivity index (χ0v) is 8.84. The number of aryl methyl sites for hydroxylation is 1. The van der Waals surface area contributed by atoms with E-state index in [-0.39, 0.29) is 0 Å². The largest absolute Gasteiger partial charge is 0.480 e. The van der Waals surface area contributed by atoms with Gasteiger partial charge < -0.3 is 9.67 Å². The van der Waals surface area contributed by atoms with Crippen molar-refractivity contribution in [2.24, 2.45) is 7.05 Å². The number of rotatable bonds is 2. The third kappa shape index (κ3) is 1.02. The van der Waals surface area contributed by atoms with Gasteiger partial charge in [0.1, 0.15) is 11.2 Å². The van der Waals surface area contributed by atoms with E-state index in [0.717, 1.165) is 11.0 Å². The summed E-state index contributed by atoms with van der Waals surface area (Å²) in [6.07, 6.45) is 4.73. The van der Waals surface area contributed by atoms with E-state index < -0.39 is 11.4 Å². The maximum Gasteiger partial charge on any atom is 0.317 e. The van der Waals surface area contributed by atoms with Crippen LogP contribution in [0.3, 0.4) is 0 Å². The summed E-state index contributed by atoms with van der Waals surface area (Å²) in [5.74, 6) is -0.137. The third-order valence-electron chi connectivity index (χ3n) is 3.27. The standard InChI is InChI=1S/C11H11N3O2/c1-14-8-6-12-5-2-7(8)13-9(14)11(3-4-11)10(15)16/h2,5-6H,3-4H2,1H3,(H,15,16). The van der Waals surface area contributed by atoms with Crippen LogP contribution in [0.1, 0.15) is 18.7 Å². The highest BCUT2D eigenvalue weighted by atomic mass is 16.4. The second kappa shape index (κ2) is 2.81. The van der Waals surface area contributed by atoms with Gasteiger partial charge in [-0.1, -0.05) is 0 Å². The Kier molecular flexibility index (Phi) is 1.64. The van der Waals surface area contributed by atoms with Gasteiger partial charge in [-0.05, 0) is 18.9 Å². The summed E-state index contributed by atoms with van der Waals surface area (Å²) < 4.78 is 1.84. The summed E-state index contributed by atoms with van der Waals surface area (Å²) in [5, 5.41) is 9.24. The number of imidazole rings is 1. The Morgan fingerprint density at radius 3 is 2.88 bits per heavy atom. The maximum absolute atomic E-state index is 11.2. The zero-order chi connectivity index (χ0) is 11.3. The molecule has 2 aromatic rings. The molecule has 5 heteroatoms. The average Bonchev–Trinajstić information content (AvgIpc) is 3.01. The highest BCUT2D eigenvalue weighted by Crippen LogP contribution is 2.48. The molecule has 1 aliphatic carbocycles. The Balaban J connectivity index is 2.26. The van der Waals surface area contributed by atoms with E-state index in [1.807, 2.05) is 11.6 Å². The van der Waals surface area contributed by atoms with E-state index in [1.54, 1.807) is 18.5 Å². The van der Waals surface area contributed by atoms with Gasteiger partial charge in [0, 0.05) is 13.2 Å². The Bertz CT molecular complexity index is 584. The molecule has 0 radical (unpaired) electrons. The first-order valence-corrected chi connectivity index (χ1v) is 5.15. The summed E-state index contributed by atoms with van der Waals surface area (Å²) in [4.78, 5) is 19.7. The minimum atomic E-state index is -0.779. The van der Waals surface area contributed by atoms with Gasteiger partial charge in [-0.15, -0.1) is 0 Å². The Hall–Kier alpha value is -1.91. The van der Waals surface area contributed by atoms with Crippen molar-refractivity contribution < 1.29 is 9.90 Å². The van der Waals surface area contributed by atoms with Gasteiger partial charge in [0.05, 0.1) is 17.2 Å². The summed E-state index contributed by atoms with van der Waals surface area (Å²) in [6.45, 7) is 0. The SMILES string of the molecule is Cn1c(C2(C(=O)O)CC2)nc2ccncc21. The van der Waals surface area contributed by atoms with Gasteiger partial charge in [-0.3, -0.25) is 9.78 Å². The molecular weight excluding hydrogens is 206 g/mol. The van der Waals surface area contributed by atoms with Crippen LogP contribution in [0.25, 0.3) is 11.0 Å². The Morgan fingerprint density at radius 1 is 1.56 bits per heavy atom. The van der Waals surface area contributed by atoms with Gasteiger partial charge >= 0.3 is 5.97 Å². The molecule has 5 nitrogen and oxygen atoms in total. The van der Waals surface area contributed by atoms with Crippen molar-refractivity contribution in [3.05, 3.63) is 24.3 Å². The molecule has 1 fully saturated rings. The number of nitrogens with zero attached hydrogens (tertiary/aromatic N) is 3. The maximum atomic E-state index is 11.2. The van der Waals surface area contributed by atoms with Crippen LogP contribution in [0.15, 0.2) is 18.5 Å². The minimum absolute atomic E-state index is 0.642. The molecule has 16 heavy (non-hydrogen) atoms. The molecule has 1 N–H and O–H groups in total. The number of hydrogen-bond acceptors (Lipinski definition) is 3. The first-order chi connectivity index (χ1) is 7.65. The lowest BCUT2D eigenvalue weighted by Crippen LogP contribution is -2.23. The van der Waals surface area contributed by atoms with Gasteiger partial charge in [0.2, 0.25) is 0 Å². The molecule has 0 atom stereocenters. The van der Waals surface area contributed by atoms with Gasteiger partial charge in [-0.2, -0.15) is 0 Å². The van der Waals surface area contributed by atoms with Crippen molar-refractivity contribution >= 4 is 17.0 Å². The van der Waals surface area contributed by atoms with E-state index in [0.29, 0.717) is 18.7 Å². The normalized spacial score (nSPS) is 17.6. The van der Waals surface area contributed by atoms with E-state index in [4.69, 9.17) is 0 Å². The van der Waals surface area contributed by atoms with Crippen molar-refractivity contribution in [2.45, 2.75) is 18.3 Å². The van der Waals surface area contributed by atoms with Crippen LogP contribution >= 0.6 is 0 Å². The van der Waals surface area contributed by atoms with Crippen molar-refractivity contribution in [1.29, 1.82) is 0 Å². The predicted octanol–water partition coefficient (Wildman–Crippen LogP) is 1.08. The quantitative estimate of drug-likeness (QED) is 0.817. The van der Waals surface area contributed by atoms with Crippen LogP contribution in [-0.4, -0.2) is 25.6 Å². The first-order valence-electron chi connectivity index (χ1n) is 5.15. The molecule has 0 aliphatic heterocycles. The minimum Gasteiger partial charge on any atom is -0.480 e. The number of aliphatic carboxylic acids is 1.